The first-order chi connectivity index (χ1) is 27.5. The van der Waals surface area contributed by atoms with Crippen LogP contribution in [0.5, 0.6) is 0 Å². The number of oxime groups is 1. The standard InChI is InChI=1S/C44H80N2O13/c1-15-32-44(10,51)37(48)26(4)34(45-59-30-19-17-16-18-20-30)24(2)22-43(9,53-14)39(58-41-35(47)31(46(11)12)21-25(3)54-41)27(5)36(28(6)40(50)56-32)57-33-23-42(8,52-13)38(49)29(7)55-33/h24-33,35-39,41,47-49,51H,15-23H2,1-14H3/b45-34-/t24-,25?,26+,27+,28-,29?,31?,32-,33?,35?,36?,37-,38?,39-,41?,42?,43-,44-/m1/s1. The number of hydrogen-bond acceptors (Lipinski definition) is 15. The van der Waals surface area contributed by atoms with Crippen molar-refractivity contribution in [1.82, 2.24) is 4.90 Å². The average molecular weight is 845 g/mol. The Kier molecular flexibility index (Phi) is 17.7. The van der Waals surface area contributed by atoms with Gasteiger partial charge in [-0.25, -0.2) is 0 Å². The summed E-state index contributed by atoms with van der Waals surface area (Å²) in [7, 11) is 6.94. The summed E-state index contributed by atoms with van der Waals surface area (Å²) in [6.45, 7) is 18.1. The molecule has 4 N–H and O–H groups in total. The van der Waals surface area contributed by atoms with Crippen molar-refractivity contribution in [2.45, 2.75) is 217 Å². The number of cyclic esters (lactones) is 1. The van der Waals surface area contributed by atoms with Crippen molar-refractivity contribution >= 4 is 11.7 Å². The van der Waals surface area contributed by atoms with Crippen LogP contribution in [0.3, 0.4) is 0 Å². The van der Waals surface area contributed by atoms with Crippen molar-refractivity contribution in [3.63, 3.8) is 0 Å². The number of carbonyl (C=O) groups is 1. The Hall–Kier alpha value is -1.50. The van der Waals surface area contributed by atoms with Crippen LogP contribution in [0.15, 0.2) is 5.16 Å². The molecule has 0 amide bonds. The normalized spacial score (nSPS) is 47.1. The highest BCUT2D eigenvalue weighted by Crippen LogP contribution is 2.42. The monoisotopic (exact) mass is 845 g/mol. The smallest absolute Gasteiger partial charge is 0.311 e. The molecule has 15 heteroatoms. The van der Waals surface area contributed by atoms with Gasteiger partial charge >= 0.3 is 5.97 Å². The van der Waals surface area contributed by atoms with Crippen LogP contribution in [0.25, 0.3) is 0 Å². The number of aliphatic hydroxyl groups excluding tert-OH is 3. The van der Waals surface area contributed by atoms with Crippen LogP contribution in [0, 0.1) is 23.7 Å². The largest absolute Gasteiger partial charge is 0.459 e. The van der Waals surface area contributed by atoms with E-state index in [1.54, 1.807) is 41.7 Å². The van der Waals surface area contributed by atoms with Crippen molar-refractivity contribution in [3.05, 3.63) is 0 Å². The minimum Gasteiger partial charge on any atom is -0.459 e. The Balaban J connectivity index is 1.90. The maximum absolute atomic E-state index is 14.5. The lowest BCUT2D eigenvalue weighted by Crippen LogP contribution is -2.61. The second-order valence-electron chi connectivity index (χ2n) is 19.1. The summed E-state index contributed by atoms with van der Waals surface area (Å²) in [5.74, 6) is -3.46. The predicted octanol–water partition coefficient (Wildman–Crippen LogP) is 4.58. The molecule has 9 unspecified atom stereocenters. The van der Waals surface area contributed by atoms with Crippen LogP contribution in [-0.2, 0) is 42.8 Å². The number of esters is 1. The van der Waals surface area contributed by atoms with E-state index in [0.29, 0.717) is 12.1 Å². The van der Waals surface area contributed by atoms with Crippen LogP contribution in [-0.4, -0.2) is 156 Å². The number of nitrogens with zero attached hydrogens (tertiary/aromatic N) is 2. The number of carbonyl (C=O) groups excluding carboxylic acids is 1. The molecule has 0 spiro atoms. The van der Waals surface area contributed by atoms with Gasteiger partial charge in [-0.05, 0) is 101 Å². The van der Waals surface area contributed by atoms with Gasteiger partial charge in [0.2, 0.25) is 0 Å². The number of likely N-dealkylation sites (N-methyl/N-ethyl adjacent to an activating group) is 1. The molecule has 0 bridgehead atoms. The Morgan fingerprint density at radius 2 is 1.47 bits per heavy atom. The highest BCUT2D eigenvalue weighted by molar-refractivity contribution is 5.88. The van der Waals surface area contributed by atoms with Crippen LogP contribution >= 0.6 is 0 Å². The molecule has 0 aromatic heterocycles. The van der Waals surface area contributed by atoms with E-state index in [9.17, 15) is 25.2 Å². The van der Waals surface area contributed by atoms with Gasteiger partial charge in [-0.2, -0.15) is 0 Å². The van der Waals surface area contributed by atoms with Crippen LogP contribution in [0.1, 0.15) is 127 Å². The number of methoxy groups -OCH3 is 2. The van der Waals surface area contributed by atoms with E-state index < -0.39 is 102 Å². The minimum atomic E-state index is -1.89. The Morgan fingerprint density at radius 3 is 2.05 bits per heavy atom. The van der Waals surface area contributed by atoms with Gasteiger partial charge in [-0.3, -0.25) is 4.79 Å². The second-order valence-corrected chi connectivity index (χ2v) is 19.1. The van der Waals surface area contributed by atoms with Gasteiger partial charge < -0.3 is 63.3 Å². The molecule has 0 aromatic rings. The molecule has 15 nitrogen and oxygen atoms in total. The maximum Gasteiger partial charge on any atom is 0.311 e. The third-order valence-electron chi connectivity index (χ3n) is 14.2. The van der Waals surface area contributed by atoms with Gasteiger partial charge in [0, 0.05) is 44.4 Å². The molecular formula is C44H80N2O13. The van der Waals surface area contributed by atoms with Crippen LogP contribution in [0.2, 0.25) is 0 Å². The van der Waals surface area contributed by atoms with Crippen molar-refractivity contribution in [3.8, 4) is 0 Å². The van der Waals surface area contributed by atoms with Crippen LogP contribution in [0.4, 0.5) is 0 Å². The fraction of sp³-hybridized carbons (Fsp3) is 0.955. The summed E-state index contributed by atoms with van der Waals surface area (Å²) in [5.41, 5.74) is -3.55. The fourth-order valence-corrected chi connectivity index (χ4v) is 10.1. The van der Waals surface area contributed by atoms with E-state index in [4.69, 9.17) is 43.2 Å². The highest BCUT2D eigenvalue weighted by Gasteiger charge is 2.54. The summed E-state index contributed by atoms with van der Waals surface area (Å²) >= 11 is 0. The first kappa shape index (κ1) is 50.1. The molecule has 3 heterocycles. The number of rotatable bonds is 10. The topological polar surface area (TPSA) is 187 Å². The molecule has 59 heavy (non-hydrogen) atoms. The van der Waals surface area contributed by atoms with E-state index >= 15 is 0 Å². The molecule has 4 rings (SSSR count). The fourth-order valence-electron chi connectivity index (χ4n) is 10.1. The van der Waals surface area contributed by atoms with E-state index in [0.717, 1.165) is 32.1 Å². The van der Waals surface area contributed by atoms with Crippen molar-refractivity contribution in [2.75, 3.05) is 28.3 Å². The lowest BCUT2D eigenvalue weighted by molar-refractivity contribution is -0.319. The lowest BCUT2D eigenvalue weighted by atomic mass is 9.73. The van der Waals surface area contributed by atoms with Gasteiger partial charge in [-0.15, -0.1) is 0 Å². The summed E-state index contributed by atoms with van der Waals surface area (Å²) in [6, 6.07) is -0.265. The Bertz CT molecular complexity index is 1360. The summed E-state index contributed by atoms with van der Waals surface area (Å²) in [4.78, 5) is 22.7. The van der Waals surface area contributed by atoms with Gasteiger partial charge in [0.1, 0.15) is 30.0 Å². The highest BCUT2D eigenvalue weighted by atomic mass is 16.7. The average Bonchev–Trinajstić information content (AvgIpc) is 3.19. The first-order valence-corrected chi connectivity index (χ1v) is 22.1. The maximum atomic E-state index is 14.5. The molecule has 0 radical (unpaired) electrons. The second kappa shape index (κ2) is 20.8. The molecular weight excluding hydrogens is 764 g/mol. The van der Waals surface area contributed by atoms with E-state index in [-0.39, 0.29) is 37.5 Å². The quantitative estimate of drug-likeness (QED) is 0.177. The molecule has 1 saturated carbocycles. The third-order valence-corrected chi connectivity index (χ3v) is 14.2. The zero-order valence-electron chi connectivity index (χ0n) is 38.5. The van der Waals surface area contributed by atoms with Crippen molar-refractivity contribution in [2.24, 2.45) is 28.8 Å². The lowest BCUT2D eigenvalue weighted by Gasteiger charge is -2.50. The minimum absolute atomic E-state index is 0.0718. The van der Waals surface area contributed by atoms with Gasteiger partial charge in [0.15, 0.2) is 12.6 Å². The first-order valence-electron chi connectivity index (χ1n) is 22.1. The Labute approximate surface area is 353 Å². The van der Waals surface area contributed by atoms with Crippen LogP contribution < -0.4 is 0 Å². The number of hydrogen-bond donors (Lipinski definition) is 4. The van der Waals surface area contributed by atoms with E-state index in [2.05, 4.69) is 0 Å². The number of ether oxygens (including phenoxy) is 7. The molecule has 3 aliphatic heterocycles. The summed E-state index contributed by atoms with van der Waals surface area (Å²) in [5, 5.41) is 51.8. The molecule has 0 aromatic carbocycles. The molecule has 4 aliphatic rings. The van der Waals surface area contributed by atoms with E-state index in [1.165, 1.54) is 14.0 Å². The molecule has 4 fully saturated rings. The molecule has 18 atom stereocenters. The SMILES string of the molecule is CC[C@H]1OC(=O)[C@H](C)C(OC2CC(C)(OC)C(O)C(C)O2)[C@H](C)[C@@H](OC2OC(C)CC(N(C)C)C2O)[C@](C)(OC)C[C@@H](C)/C(=N/OC2CCCCC2)[C@H](C)[C@@H](O)[C@]1(C)O. The predicted molar refractivity (Wildman–Crippen MR) is 221 cm³/mol. The third kappa shape index (κ3) is 11.4. The molecule has 3 saturated heterocycles. The summed E-state index contributed by atoms with van der Waals surface area (Å²) in [6.07, 6.45) is -3.16. The summed E-state index contributed by atoms with van der Waals surface area (Å²) < 4.78 is 44.9. The van der Waals surface area contributed by atoms with Gasteiger partial charge in [0.05, 0.1) is 53.4 Å². The van der Waals surface area contributed by atoms with Gasteiger partial charge in [-0.1, -0.05) is 39.3 Å². The molecule has 344 valence electrons. The van der Waals surface area contributed by atoms with Crippen molar-refractivity contribution < 1.29 is 63.2 Å². The van der Waals surface area contributed by atoms with E-state index in [1.807, 2.05) is 46.7 Å². The molecule has 1 aliphatic carbocycles. The number of aliphatic hydroxyl groups is 4. The Morgan fingerprint density at radius 1 is 0.847 bits per heavy atom. The van der Waals surface area contributed by atoms with Gasteiger partial charge in [0.25, 0.3) is 0 Å². The zero-order chi connectivity index (χ0) is 44.2. The zero-order valence-corrected chi connectivity index (χ0v) is 38.5. The van der Waals surface area contributed by atoms with Crippen molar-refractivity contribution in [1.29, 1.82) is 0 Å².